The first kappa shape index (κ1) is 17.8. The van der Waals surface area contributed by atoms with Gasteiger partial charge in [0.15, 0.2) is 0 Å². The zero-order valence-electron chi connectivity index (χ0n) is 14.4. The summed E-state index contributed by atoms with van der Waals surface area (Å²) in [7, 11) is 0. The molecule has 0 saturated heterocycles. The monoisotopic (exact) mass is 318 g/mol. The number of carbonyl (C=O) groups is 1. The zero-order chi connectivity index (χ0) is 16.7. The number of hydrogen-bond acceptors (Lipinski definition) is 3. The van der Waals surface area contributed by atoms with Gasteiger partial charge in [-0.05, 0) is 49.7 Å². The molecule has 0 unspecified atom stereocenters. The van der Waals surface area contributed by atoms with E-state index >= 15 is 0 Å². The van der Waals surface area contributed by atoms with Crippen LogP contribution in [0.5, 0.6) is 5.75 Å². The van der Waals surface area contributed by atoms with Crippen LogP contribution in [0.1, 0.15) is 45.1 Å². The van der Waals surface area contributed by atoms with Crippen molar-refractivity contribution >= 4 is 5.91 Å². The zero-order valence-corrected chi connectivity index (χ0v) is 14.4. The van der Waals surface area contributed by atoms with E-state index in [1.165, 1.54) is 0 Å². The molecule has 128 valence electrons. The van der Waals surface area contributed by atoms with Gasteiger partial charge in [0.1, 0.15) is 5.75 Å². The minimum Gasteiger partial charge on any atom is -0.493 e. The van der Waals surface area contributed by atoms with E-state index < -0.39 is 0 Å². The quantitative estimate of drug-likeness (QED) is 0.774. The van der Waals surface area contributed by atoms with Gasteiger partial charge in [-0.25, -0.2) is 0 Å². The van der Waals surface area contributed by atoms with Crippen LogP contribution in [-0.4, -0.2) is 25.1 Å². The Morgan fingerprint density at radius 1 is 1.35 bits per heavy atom. The van der Waals surface area contributed by atoms with Crippen LogP contribution < -0.4 is 15.8 Å². The van der Waals surface area contributed by atoms with Gasteiger partial charge in [-0.1, -0.05) is 32.0 Å². The second-order valence-electron chi connectivity index (χ2n) is 6.95. The van der Waals surface area contributed by atoms with Gasteiger partial charge >= 0.3 is 0 Å². The van der Waals surface area contributed by atoms with Crippen LogP contribution in [0.15, 0.2) is 24.3 Å². The van der Waals surface area contributed by atoms with Crippen LogP contribution >= 0.6 is 0 Å². The number of hydrogen-bond donors (Lipinski definition) is 2. The molecule has 1 aromatic carbocycles. The summed E-state index contributed by atoms with van der Waals surface area (Å²) in [5.41, 5.74) is 7.03. The highest BCUT2D eigenvalue weighted by atomic mass is 16.5. The highest BCUT2D eigenvalue weighted by Crippen LogP contribution is 2.24. The molecular weight excluding hydrogens is 288 g/mol. The molecule has 1 aromatic rings. The molecular formula is C19H30N2O2. The molecule has 1 saturated carbocycles. The summed E-state index contributed by atoms with van der Waals surface area (Å²) in [5.74, 6) is 1.82. The van der Waals surface area contributed by atoms with Gasteiger partial charge < -0.3 is 15.8 Å². The van der Waals surface area contributed by atoms with Crippen molar-refractivity contribution in [2.75, 3.05) is 13.2 Å². The molecule has 3 N–H and O–H groups in total. The number of para-hydroxylation sites is 1. The Labute approximate surface area is 139 Å². The van der Waals surface area contributed by atoms with Gasteiger partial charge in [0.25, 0.3) is 0 Å². The van der Waals surface area contributed by atoms with E-state index in [1.54, 1.807) is 0 Å². The third-order valence-corrected chi connectivity index (χ3v) is 4.46. The SMILES string of the molecule is CC(C)CCOc1ccccc1CCNC(=O)[C@@H]1CC[C@H](N)C1. The van der Waals surface area contributed by atoms with E-state index in [1.807, 2.05) is 18.2 Å². The Hall–Kier alpha value is -1.55. The normalized spacial score (nSPS) is 20.7. The third kappa shape index (κ3) is 5.87. The van der Waals surface area contributed by atoms with Gasteiger partial charge in [0, 0.05) is 18.5 Å². The number of rotatable bonds is 8. The van der Waals surface area contributed by atoms with Crippen molar-refractivity contribution in [1.82, 2.24) is 5.32 Å². The molecule has 1 fully saturated rings. The van der Waals surface area contributed by atoms with Crippen molar-refractivity contribution < 1.29 is 9.53 Å². The Balaban J connectivity index is 1.77. The van der Waals surface area contributed by atoms with Crippen LogP contribution in [0.3, 0.4) is 0 Å². The maximum absolute atomic E-state index is 12.1. The van der Waals surface area contributed by atoms with Crippen molar-refractivity contribution in [3.63, 3.8) is 0 Å². The van der Waals surface area contributed by atoms with Gasteiger partial charge in [-0.3, -0.25) is 4.79 Å². The third-order valence-electron chi connectivity index (χ3n) is 4.46. The van der Waals surface area contributed by atoms with E-state index in [2.05, 4.69) is 25.2 Å². The molecule has 0 aromatic heterocycles. The van der Waals surface area contributed by atoms with Crippen LogP contribution in [0.4, 0.5) is 0 Å². The minimum atomic E-state index is 0.0996. The average Bonchev–Trinajstić information content (AvgIpc) is 2.95. The first-order valence-corrected chi connectivity index (χ1v) is 8.80. The van der Waals surface area contributed by atoms with Gasteiger partial charge in [-0.15, -0.1) is 0 Å². The standard InChI is InChI=1S/C19H30N2O2/c1-14(2)10-12-23-18-6-4-3-5-15(18)9-11-21-19(22)16-7-8-17(20)13-16/h3-6,14,16-17H,7-13,20H2,1-2H3,(H,21,22)/t16-,17+/m1/s1. The fourth-order valence-corrected chi connectivity index (χ4v) is 2.98. The van der Waals surface area contributed by atoms with Crippen molar-refractivity contribution in [2.45, 2.75) is 52.0 Å². The summed E-state index contributed by atoms with van der Waals surface area (Å²) < 4.78 is 5.89. The lowest BCUT2D eigenvalue weighted by molar-refractivity contribution is -0.124. The summed E-state index contributed by atoms with van der Waals surface area (Å²) in [6.45, 7) is 5.77. The first-order chi connectivity index (χ1) is 11.1. The molecule has 23 heavy (non-hydrogen) atoms. The molecule has 2 rings (SSSR count). The van der Waals surface area contributed by atoms with Crippen molar-refractivity contribution in [2.24, 2.45) is 17.6 Å². The lowest BCUT2D eigenvalue weighted by atomic mass is 10.1. The van der Waals surface area contributed by atoms with Crippen molar-refractivity contribution in [3.8, 4) is 5.75 Å². The first-order valence-electron chi connectivity index (χ1n) is 8.80. The number of ether oxygens (including phenoxy) is 1. The highest BCUT2D eigenvalue weighted by Gasteiger charge is 2.27. The van der Waals surface area contributed by atoms with Gasteiger partial charge in [0.05, 0.1) is 6.61 Å². The van der Waals surface area contributed by atoms with Crippen LogP contribution in [-0.2, 0) is 11.2 Å². The number of nitrogens with two attached hydrogens (primary N) is 1. The van der Waals surface area contributed by atoms with Crippen LogP contribution in [0.2, 0.25) is 0 Å². The fraction of sp³-hybridized carbons (Fsp3) is 0.632. The number of benzene rings is 1. The van der Waals surface area contributed by atoms with Crippen LogP contribution in [0.25, 0.3) is 0 Å². The molecule has 4 heteroatoms. The molecule has 1 amide bonds. The number of carbonyl (C=O) groups excluding carboxylic acids is 1. The van der Waals surface area contributed by atoms with Crippen molar-refractivity contribution in [1.29, 1.82) is 0 Å². The minimum absolute atomic E-state index is 0.0996. The maximum atomic E-state index is 12.1. The molecule has 2 atom stereocenters. The molecule has 0 radical (unpaired) electrons. The van der Waals surface area contributed by atoms with Crippen LogP contribution in [0, 0.1) is 11.8 Å². The van der Waals surface area contributed by atoms with E-state index in [0.29, 0.717) is 12.5 Å². The second kappa shape index (κ2) is 8.92. The Kier molecular flexibility index (Phi) is 6.90. The lowest BCUT2D eigenvalue weighted by Gasteiger charge is -2.14. The maximum Gasteiger partial charge on any atom is 0.223 e. The van der Waals surface area contributed by atoms with E-state index in [0.717, 1.165) is 50.0 Å². The summed E-state index contributed by atoms with van der Waals surface area (Å²) in [6, 6.07) is 8.28. The molecule has 0 bridgehead atoms. The van der Waals surface area contributed by atoms with Gasteiger partial charge in [-0.2, -0.15) is 0 Å². The Morgan fingerprint density at radius 2 is 2.13 bits per heavy atom. The largest absolute Gasteiger partial charge is 0.493 e. The molecule has 0 aliphatic heterocycles. The second-order valence-corrected chi connectivity index (χ2v) is 6.95. The highest BCUT2D eigenvalue weighted by molar-refractivity contribution is 5.79. The summed E-state index contributed by atoms with van der Waals surface area (Å²) in [5, 5.41) is 3.05. The smallest absolute Gasteiger partial charge is 0.223 e. The molecule has 0 spiro atoms. The Bertz CT molecular complexity index is 502. The summed E-state index contributed by atoms with van der Waals surface area (Å²) in [6.07, 6.45) is 4.54. The number of amides is 1. The van der Waals surface area contributed by atoms with Crippen molar-refractivity contribution in [3.05, 3.63) is 29.8 Å². The summed E-state index contributed by atoms with van der Waals surface area (Å²) in [4.78, 5) is 12.1. The predicted octanol–water partition coefficient (Wildman–Crippen LogP) is 2.90. The summed E-state index contributed by atoms with van der Waals surface area (Å²) >= 11 is 0. The van der Waals surface area contributed by atoms with E-state index in [9.17, 15) is 4.79 Å². The molecule has 1 aliphatic carbocycles. The predicted molar refractivity (Wildman–Crippen MR) is 93.4 cm³/mol. The number of nitrogens with one attached hydrogen (secondary N) is 1. The topological polar surface area (TPSA) is 64.3 Å². The lowest BCUT2D eigenvalue weighted by Crippen LogP contribution is -2.32. The fourth-order valence-electron chi connectivity index (χ4n) is 2.98. The van der Waals surface area contributed by atoms with E-state index in [-0.39, 0.29) is 17.9 Å². The average molecular weight is 318 g/mol. The molecule has 4 nitrogen and oxygen atoms in total. The van der Waals surface area contributed by atoms with E-state index in [4.69, 9.17) is 10.5 Å². The molecule has 0 heterocycles. The Morgan fingerprint density at radius 3 is 2.83 bits per heavy atom. The van der Waals surface area contributed by atoms with Gasteiger partial charge in [0.2, 0.25) is 5.91 Å². The molecule has 1 aliphatic rings.